The Morgan fingerprint density at radius 1 is 1.78 bits per heavy atom. The van der Waals surface area contributed by atoms with Crippen LogP contribution in [0.1, 0.15) is 13.3 Å². The fourth-order valence-corrected chi connectivity index (χ4v) is 1.42. The van der Waals surface area contributed by atoms with Crippen molar-refractivity contribution in [1.82, 2.24) is 5.32 Å². The SMILES string of the molecule is CC1CNC(=O)C(S)C1. The van der Waals surface area contributed by atoms with Crippen LogP contribution in [0, 0.1) is 5.92 Å². The lowest BCUT2D eigenvalue weighted by atomic mass is 10.0. The maximum atomic E-state index is 10.8. The third kappa shape index (κ3) is 1.61. The lowest BCUT2D eigenvalue weighted by Crippen LogP contribution is -2.41. The first kappa shape index (κ1) is 6.93. The third-order valence-corrected chi connectivity index (χ3v) is 2.00. The number of carbonyl (C=O) groups excluding carboxylic acids is 1. The van der Waals surface area contributed by atoms with E-state index in [0.717, 1.165) is 13.0 Å². The van der Waals surface area contributed by atoms with Gasteiger partial charge in [-0.3, -0.25) is 4.79 Å². The highest BCUT2D eigenvalue weighted by Gasteiger charge is 2.22. The van der Waals surface area contributed by atoms with Crippen molar-refractivity contribution in [2.75, 3.05) is 6.54 Å². The smallest absolute Gasteiger partial charge is 0.232 e. The van der Waals surface area contributed by atoms with Crippen molar-refractivity contribution in [3.63, 3.8) is 0 Å². The summed E-state index contributed by atoms with van der Waals surface area (Å²) in [6.07, 6.45) is 0.912. The first-order valence-electron chi connectivity index (χ1n) is 3.16. The molecule has 1 N–H and O–H groups in total. The van der Waals surface area contributed by atoms with Crippen LogP contribution in [0.15, 0.2) is 0 Å². The Morgan fingerprint density at radius 2 is 2.44 bits per heavy atom. The van der Waals surface area contributed by atoms with Gasteiger partial charge in [-0.05, 0) is 12.3 Å². The molecule has 0 radical (unpaired) electrons. The topological polar surface area (TPSA) is 29.1 Å². The molecule has 2 atom stereocenters. The molecule has 0 spiro atoms. The van der Waals surface area contributed by atoms with E-state index in [4.69, 9.17) is 0 Å². The van der Waals surface area contributed by atoms with Gasteiger partial charge in [0, 0.05) is 6.54 Å². The Labute approximate surface area is 60.4 Å². The number of piperidine rings is 1. The zero-order valence-electron chi connectivity index (χ0n) is 5.42. The maximum absolute atomic E-state index is 10.8. The standard InChI is InChI=1S/C6H11NOS/c1-4-2-5(9)6(8)7-3-4/h4-5,9H,2-3H2,1H3,(H,7,8). The molecule has 0 bridgehead atoms. The van der Waals surface area contributed by atoms with Crippen molar-refractivity contribution in [3.05, 3.63) is 0 Å². The molecule has 1 amide bonds. The van der Waals surface area contributed by atoms with Crippen LogP contribution in [0.4, 0.5) is 0 Å². The molecule has 1 heterocycles. The molecule has 0 aromatic heterocycles. The summed E-state index contributed by atoms with van der Waals surface area (Å²) in [7, 11) is 0. The molecule has 1 aliphatic rings. The molecule has 0 saturated carbocycles. The number of amides is 1. The number of hydrogen-bond acceptors (Lipinski definition) is 2. The van der Waals surface area contributed by atoms with Crippen LogP contribution in [-0.4, -0.2) is 17.7 Å². The molecule has 0 aromatic carbocycles. The summed E-state index contributed by atoms with van der Waals surface area (Å²) in [4.78, 5) is 10.8. The van der Waals surface area contributed by atoms with E-state index in [1.807, 2.05) is 0 Å². The molecular weight excluding hydrogens is 134 g/mol. The molecule has 2 unspecified atom stereocenters. The van der Waals surface area contributed by atoms with E-state index in [2.05, 4.69) is 24.9 Å². The first-order chi connectivity index (χ1) is 4.20. The zero-order chi connectivity index (χ0) is 6.85. The van der Waals surface area contributed by atoms with Crippen molar-refractivity contribution in [1.29, 1.82) is 0 Å². The fraction of sp³-hybridized carbons (Fsp3) is 0.833. The molecule has 1 rings (SSSR count). The van der Waals surface area contributed by atoms with E-state index in [0.29, 0.717) is 5.92 Å². The van der Waals surface area contributed by atoms with Gasteiger partial charge in [-0.2, -0.15) is 12.6 Å². The van der Waals surface area contributed by atoms with Gasteiger partial charge in [-0.15, -0.1) is 0 Å². The summed E-state index contributed by atoms with van der Waals surface area (Å²) < 4.78 is 0. The molecule has 9 heavy (non-hydrogen) atoms. The molecule has 1 fully saturated rings. The second-order valence-corrected chi connectivity index (χ2v) is 3.23. The largest absolute Gasteiger partial charge is 0.355 e. The molecule has 1 saturated heterocycles. The van der Waals surface area contributed by atoms with Gasteiger partial charge in [0.2, 0.25) is 5.91 Å². The van der Waals surface area contributed by atoms with E-state index >= 15 is 0 Å². The molecule has 1 aliphatic heterocycles. The van der Waals surface area contributed by atoms with Gasteiger partial charge >= 0.3 is 0 Å². The number of rotatable bonds is 0. The van der Waals surface area contributed by atoms with Crippen LogP contribution in [0.3, 0.4) is 0 Å². The van der Waals surface area contributed by atoms with Gasteiger partial charge in [-0.1, -0.05) is 6.92 Å². The van der Waals surface area contributed by atoms with Crippen LogP contribution in [0.25, 0.3) is 0 Å². The summed E-state index contributed by atoms with van der Waals surface area (Å²) in [5, 5.41) is 2.69. The maximum Gasteiger partial charge on any atom is 0.232 e. The minimum atomic E-state index is -0.0752. The molecule has 52 valence electrons. The van der Waals surface area contributed by atoms with Gasteiger partial charge in [0.25, 0.3) is 0 Å². The number of carbonyl (C=O) groups is 1. The summed E-state index contributed by atoms with van der Waals surface area (Å²) >= 11 is 4.10. The molecule has 0 aromatic rings. The summed E-state index contributed by atoms with van der Waals surface area (Å²) in [6, 6.07) is 0. The van der Waals surface area contributed by atoms with Crippen LogP contribution < -0.4 is 5.32 Å². The van der Waals surface area contributed by atoms with Crippen molar-refractivity contribution in [2.24, 2.45) is 5.92 Å². The van der Waals surface area contributed by atoms with Gasteiger partial charge < -0.3 is 5.32 Å². The van der Waals surface area contributed by atoms with Crippen LogP contribution >= 0.6 is 12.6 Å². The molecular formula is C6H11NOS. The summed E-state index contributed by atoms with van der Waals surface area (Å²) in [5.74, 6) is 0.668. The molecule has 3 heteroatoms. The van der Waals surface area contributed by atoms with Gasteiger partial charge in [0.05, 0.1) is 5.25 Å². The Balaban J connectivity index is 2.44. The van der Waals surface area contributed by atoms with E-state index in [9.17, 15) is 4.79 Å². The zero-order valence-corrected chi connectivity index (χ0v) is 6.32. The third-order valence-electron chi connectivity index (χ3n) is 1.55. The highest BCUT2D eigenvalue weighted by molar-refractivity contribution is 7.81. The lowest BCUT2D eigenvalue weighted by molar-refractivity contribution is -0.122. The molecule has 0 aliphatic carbocycles. The first-order valence-corrected chi connectivity index (χ1v) is 3.67. The van der Waals surface area contributed by atoms with Crippen molar-refractivity contribution in [2.45, 2.75) is 18.6 Å². The van der Waals surface area contributed by atoms with Crippen LogP contribution in [0.2, 0.25) is 0 Å². The predicted molar refractivity (Wildman–Crippen MR) is 39.6 cm³/mol. The fourth-order valence-electron chi connectivity index (χ4n) is 0.964. The summed E-state index contributed by atoms with van der Waals surface area (Å²) in [5.41, 5.74) is 0. The Bertz CT molecular complexity index is 126. The molecule has 2 nitrogen and oxygen atoms in total. The lowest BCUT2D eigenvalue weighted by Gasteiger charge is -2.22. The number of nitrogens with one attached hydrogen (secondary N) is 1. The predicted octanol–water partition coefficient (Wildman–Crippen LogP) is 0.441. The van der Waals surface area contributed by atoms with Crippen molar-refractivity contribution < 1.29 is 4.79 Å². The Kier molecular flexibility index (Phi) is 2.01. The number of hydrogen-bond donors (Lipinski definition) is 2. The van der Waals surface area contributed by atoms with Gasteiger partial charge in [0.1, 0.15) is 0 Å². The minimum absolute atomic E-state index is 0.0752. The summed E-state index contributed by atoms with van der Waals surface area (Å²) in [6.45, 7) is 2.93. The van der Waals surface area contributed by atoms with Gasteiger partial charge in [0.15, 0.2) is 0 Å². The monoisotopic (exact) mass is 145 g/mol. The quantitative estimate of drug-likeness (QED) is 0.476. The normalized spacial score (nSPS) is 36.0. The van der Waals surface area contributed by atoms with E-state index < -0.39 is 0 Å². The highest BCUT2D eigenvalue weighted by atomic mass is 32.1. The Morgan fingerprint density at radius 3 is 2.89 bits per heavy atom. The van der Waals surface area contributed by atoms with E-state index in [1.54, 1.807) is 0 Å². The van der Waals surface area contributed by atoms with E-state index in [1.165, 1.54) is 0 Å². The van der Waals surface area contributed by atoms with Gasteiger partial charge in [-0.25, -0.2) is 0 Å². The average Bonchev–Trinajstić information content (AvgIpc) is 1.80. The van der Waals surface area contributed by atoms with Crippen LogP contribution in [-0.2, 0) is 4.79 Å². The second kappa shape index (κ2) is 2.60. The Hall–Kier alpha value is -0.180. The average molecular weight is 145 g/mol. The van der Waals surface area contributed by atoms with Crippen molar-refractivity contribution in [3.8, 4) is 0 Å². The van der Waals surface area contributed by atoms with E-state index in [-0.39, 0.29) is 11.2 Å². The minimum Gasteiger partial charge on any atom is -0.355 e. The van der Waals surface area contributed by atoms with Crippen molar-refractivity contribution >= 4 is 18.5 Å². The highest BCUT2D eigenvalue weighted by Crippen LogP contribution is 2.14. The van der Waals surface area contributed by atoms with Crippen LogP contribution in [0.5, 0.6) is 0 Å². The second-order valence-electron chi connectivity index (χ2n) is 2.60. The number of thiol groups is 1.